The van der Waals surface area contributed by atoms with Crippen LogP contribution in [0.15, 0.2) is 35.2 Å². The number of benzene rings is 1. The number of aromatic nitrogens is 1. The molecule has 2 aromatic rings. The van der Waals surface area contributed by atoms with Crippen LogP contribution < -0.4 is 0 Å². The zero-order valence-corrected chi connectivity index (χ0v) is 11.6. The Morgan fingerprint density at radius 3 is 3.00 bits per heavy atom. The Labute approximate surface area is 116 Å². The minimum atomic E-state index is -0.631. The molecule has 0 aliphatic rings. The SMILES string of the molecule is CN(CCC(O)c1cccc(F)c1)Cc1cscn1. The highest BCUT2D eigenvalue weighted by Gasteiger charge is 2.10. The lowest BCUT2D eigenvalue weighted by atomic mass is 10.1. The van der Waals surface area contributed by atoms with Crippen molar-refractivity contribution in [3.05, 3.63) is 52.2 Å². The molecule has 5 heteroatoms. The third kappa shape index (κ3) is 4.38. The second-order valence-electron chi connectivity index (χ2n) is 4.58. The molecule has 102 valence electrons. The molecular weight excluding hydrogens is 263 g/mol. The van der Waals surface area contributed by atoms with Gasteiger partial charge in [0.15, 0.2) is 0 Å². The van der Waals surface area contributed by atoms with Gasteiger partial charge in [-0.25, -0.2) is 9.37 Å². The smallest absolute Gasteiger partial charge is 0.123 e. The van der Waals surface area contributed by atoms with Crippen LogP contribution in [0.3, 0.4) is 0 Å². The van der Waals surface area contributed by atoms with Gasteiger partial charge in [-0.05, 0) is 31.2 Å². The molecule has 1 aromatic heterocycles. The van der Waals surface area contributed by atoms with Crippen molar-refractivity contribution in [2.45, 2.75) is 19.1 Å². The van der Waals surface area contributed by atoms with E-state index in [4.69, 9.17) is 0 Å². The van der Waals surface area contributed by atoms with Crippen LogP contribution in [-0.2, 0) is 6.54 Å². The molecule has 0 saturated carbocycles. The lowest BCUT2D eigenvalue weighted by molar-refractivity contribution is 0.147. The topological polar surface area (TPSA) is 36.4 Å². The second-order valence-corrected chi connectivity index (χ2v) is 5.30. The molecule has 1 atom stereocenters. The van der Waals surface area contributed by atoms with Crippen LogP contribution in [0, 0.1) is 5.82 Å². The maximum atomic E-state index is 13.0. The summed E-state index contributed by atoms with van der Waals surface area (Å²) in [5.41, 5.74) is 3.47. The van der Waals surface area contributed by atoms with E-state index >= 15 is 0 Å². The van der Waals surface area contributed by atoms with Crippen molar-refractivity contribution in [3.63, 3.8) is 0 Å². The lowest BCUT2D eigenvalue weighted by Gasteiger charge is -2.18. The molecule has 0 spiro atoms. The summed E-state index contributed by atoms with van der Waals surface area (Å²) in [5.74, 6) is -0.313. The van der Waals surface area contributed by atoms with E-state index in [-0.39, 0.29) is 5.82 Å². The van der Waals surface area contributed by atoms with Gasteiger partial charge in [0.2, 0.25) is 0 Å². The Bertz CT molecular complexity index is 504. The average Bonchev–Trinajstić information content (AvgIpc) is 2.88. The summed E-state index contributed by atoms with van der Waals surface area (Å²) in [6, 6.07) is 6.12. The number of rotatable bonds is 6. The first kappa shape index (κ1) is 14.1. The summed E-state index contributed by atoms with van der Waals surface area (Å²) >= 11 is 1.58. The normalized spacial score (nSPS) is 12.8. The number of aliphatic hydroxyl groups is 1. The highest BCUT2D eigenvalue weighted by molar-refractivity contribution is 7.07. The molecule has 0 fully saturated rings. The molecule has 1 unspecified atom stereocenters. The van der Waals surface area contributed by atoms with E-state index in [9.17, 15) is 9.50 Å². The first-order chi connectivity index (χ1) is 9.15. The zero-order valence-electron chi connectivity index (χ0n) is 10.8. The molecule has 19 heavy (non-hydrogen) atoms. The van der Waals surface area contributed by atoms with E-state index in [1.807, 2.05) is 17.9 Å². The summed E-state index contributed by atoms with van der Waals surface area (Å²) in [5, 5.41) is 12.0. The Hall–Kier alpha value is -1.30. The highest BCUT2D eigenvalue weighted by Crippen LogP contribution is 2.18. The molecule has 0 bridgehead atoms. The summed E-state index contributed by atoms with van der Waals surface area (Å²) < 4.78 is 13.0. The average molecular weight is 280 g/mol. The summed E-state index contributed by atoms with van der Waals surface area (Å²) in [7, 11) is 1.98. The minimum Gasteiger partial charge on any atom is -0.388 e. The van der Waals surface area contributed by atoms with E-state index in [1.165, 1.54) is 12.1 Å². The molecule has 0 aliphatic carbocycles. The highest BCUT2D eigenvalue weighted by atomic mass is 32.1. The van der Waals surface area contributed by atoms with Crippen molar-refractivity contribution in [3.8, 4) is 0 Å². The Kier molecular flexibility index (Phi) is 5.01. The molecule has 3 nitrogen and oxygen atoms in total. The quantitative estimate of drug-likeness (QED) is 0.884. The van der Waals surface area contributed by atoms with E-state index in [0.717, 1.165) is 18.8 Å². The van der Waals surface area contributed by atoms with Crippen molar-refractivity contribution in [2.75, 3.05) is 13.6 Å². The third-order valence-corrected chi connectivity index (χ3v) is 3.57. The predicted octanol–water partition coefficient (Wildman–Crippen LogP) is 2.84. The van der Waals surface area contributed by atoms with Gasteiger partial charge >= 0.3 is 0 Å². The standard InChI is InChI=1S/C14H17FN2OS/c1-17(8-13-9-19-10-16-13)6-5-14(18)11-3-2-4-12(15)7-11/h2-4,7,9-10,14,18H,5-6,8H2,1H3. The largest absolute Gasteiger partial charge is 0.388 e. The molecule has 1 N–H and O–H groups in total. The van der Waals surface area contributed by atoms with Crippen LogP contribution >= 0.6 is 11.3 Å². The molecule has 0 aliphatic heterocycles. The molecule has 1 aromatic carbocycles. The Balaban J connectivity index is 1.81. The number of halogens is 1. The van der Waals surface area contributed by atoms with Gasteiger partial charge in [-0.2, -0.15) is 0 Å². The van der Waals surface area contributed by atoms with Crippen LogP contribution in [0.2, 0.25) is 0 Å². The number of nitrogens with zero attached hydrogens (tertiary/aromatic N) is 2. The van der Waals surface area contributed by atoms with E-state index in [2.05, 4.69) is 9.88 Å². The third-order valence-electron chi connectivity index (χ3n) is 2.93. The monoisotopic (exact) mass is 280 g/mol. The minimum absolute atomic E-state index is 0.313. The van der Waals surface area contributed by atoms with E-state index < -0.39 is 6.10 Å². The van der Waals surface area contributed by atoms with Crippen molar-refractivity contribution in [2.24, 2.45) is 0 Å². The first-order valence-corrected chi connectivity index (χ1v) is 7.08. The fourth-order valence-electron chi connectivity index (χ4n) is 1.89. The van der Waals surface area contributed by atoms with Crippen LogP contribution in [0.1, 0.15) is 23.8 Å². The van der Waals surface area contributed by atoms with Gasteiger partial charge in [0.25, 0.3) is 0 Å². The van der Waals surface area contributed by atoms with Gasteiger partial charge in [-0.3, -0.25) is 0 Å². The first-order valence-electron chi connectivity index (χ1n) is 6.14. The molecule has 1 heterocycles. The van der Waals surface area contributed by atoms with E-state index in [0.29, 0.717) is 12.0 Å². The van der Waals surface area contributed by atoms with Crippen molar-refractivity contribution in [1.29, 1.82) is 0 Å². The summed E-state index contributed by atoms with van der Waals surface area (Å²) in [4.78, 5) is 6.31. The van der Waals surface area contributed by atoms with Crippen molar-refractivity contribution in [1.82, 2.24) is 9.88 Å². The van der Waals surface area contributed by atoms with Gasteiger partial charge in [0.1, 0.15) is 5.82 Å². The Morgan fingerprint density at radius 2 is 2.32 bits per heavy atom. The van der Waals surface area contributed by atoms with Crippen LogP contribution in [0.25, 0.3) is 0 Å². The van der Waals surface area contributed by atoms with Crippen LogP contribution in [0.4, 0.5) is 4.39 Å². The molecular formula is C14H17FN2OS. The van der Waals surface area contributed by atoms with Crippen molar-refractivity contribution < 1.29 is 9.50 Å². The van der Waals surface area contributed by atoms with Crippen LogP contribution in [-0.4, -0.2) is 28.6 Å². The van der Waals surface area contributed by atoms with Crippen molar-refractivity contribution >= 4 is 11.3 Å². The predicted molar refractivity (Wildman–Crippen MR) is 74.4 cm³/mol. The number of hydrogen-bond acceptors (Lipinski definition) is 4. The Morgan fingerprint density at radius 1 is 1.47 bits per heavy atom. The zero-order chi connectivity index (χ0) is 13.7. The van der Waals surface area contributed by atoms with Gasteiger partial charge in [-0.1, -0.05) is 12.1 Å². The molecule has 0 amide bonds. The number of thiazole rings is 1. The second kappa shape index (κ2) is 6.75. The molecule has 0 radical (unpaired) electrons. The fourth-order valence-corrected chi connectivity index (χ4v) is 2.44. The van der Waals surface area contributed by atoms with Gasteiger partial charge in [-0.15, -0.1) is 11.3 Å². The fraction of sp³-hybridized carbons (Fsp3) is 0.357. The number of hydrogen-bond donors (Lipinski definition) is 1. The van der Waals surface area contributed by atoms with E-state index in [1.54, 1.807) is 23.5 Å². The molecule has 0 saturated heterocycles. The van der Waals surface area contributed by atoms with Gasteiger partial charge < -0.3 is 10.0 Å². The maximum Gasteiger partial charge on any atom is 0.123 e. The maximum absolute atomic E-state index is 13.0. The summed E-state index contributed by atoms with van der Waals surface area (Å²) in [6.45, 7) is 1.49. The lowest BCUT2D eigenvalue weighted by Crippen LogP contribution is -2.21. The summed E-state index contributed by atoms with van der Waals surface area (Å²) in [6.07, 6.45) is -0.0574. The molecule has 2 rings (SSSR count). The van der Waals surface area contributed by atoms with Crippen LogP contribution in [0.5, 0.6) is 0 Å². The number of aliphatic hydroxyl groups excluding tert-OH is 1. The van der Waals surface area contributed by atoms with Gasteiger partial charge in [0, 0.05) is 18.5 Å². The van der Waals surface area contributed by atoms with Gasteiger partial charge in [0.05, 0.1) is 17.3 Å².